The highest BCUT2D eigenvalue weighted by Crippen LogP contribution is 2.28. The Morgan fingerprint density at radius 2 is 1.86 bits per heavy atom. The Morgan fingerprint density at radius 1 is 1.09 bits per heavy atom. The molecular formula is C25H26ClN5O4. The third-order valence-electron chi connectivity index (χ3n) is 7.27. The summed E-state index contributed by atoms with van der Waals surface area (Å²) in [7, 11) is 0. The summed E-state index contributed by atoms with van der Waals surface area (Å²) in [6.07, 6.45) is 2.21. The first-order valence-electron chi connectivity index (χ1n) is 12.0. The lowest BCUT2D eigenvalue weighted by Gasteiger charge is -2.34. The topological polar surface area (TPSA) is 98.5 Å². The first-order chi connectivity index (χ1) is 17.0. The first kappa shape index (κ1) is 22.5. The highest BCUT2D eigenvalue weighted by atomic mass is 35.5. The van der Waals surface area contributed by atoms with Gasteiger partial charge in [-0.3, -0.25) is 28.5 Å². The summed E-state index contributed by atoms with van der Waals surface area (Å²) in [6, 6.07) is 8.78. The molecule has 0 spiro atoms. The SMILES string of the molecule is O=C1COc2cc(Cl)c(CNC3CCN(C[C@@H]4Cn5c(=O)ccc6ccc(=O)n4c65)CC3)nc2C1. The average Bonchev–Trinajstić information content (AvgIpc) is 3.24. The number of fused-ring (bicyclic) bond motifs is 1. The third kappa shape index (κ3) is 4.17. The molecule has 0 aliphatic carbocycles. The highest BCUT2D eigenvalue weighted by molar-refractivity contribution is 6.31. The molecule has 3 aromatic heterocycles. The van der Waals surface area contributed by atoms with Gasteiger partial charge in [-0.05, 0) is 38.1 Å². The molecule has 0 radical (unpaired) electrons. The Morgan fingerprint density at radius 3 is 2.66 bits per heavy atom. The predicted octanol–water partition coefficient (Wildman–Crippen LogP) is 1.52. The number of ketones is 1. The van der Waals surface area contributed by atoms with Gasteiger partial charge >= 0.3 is 0 Å². The Kier molecular flexibility index (Phi) is 5.70. The van der Waals surface area contributed by atoms with Crippen molar-refractivity contribution in [3.05, 3.63) is 67.4 Å². The molecule has 10 heteroatoms. The van der Waals surface area contributed by atoms with E-state index in [4.69, 9.17) is 16.3 Å². The van der Waals surface area contributed by atoms with Crippen molar-refractivity contribution in [3.63, 3.8) is 0 Å². The lowest BCUT2D eigenvalue weighted by molar-refractivity contribution is -0.121. The predicted molar refractivity (Wildman–Crippen MR) is 131 cm³/mol. The number of nitrogens with zero attached hydrogens (tertiary/aromatic N) is 4. The molecule has 6 rings (SSSR count). The van der Waals surface area contributed by atoms with Crippen LogP contribution in [0.25, 0.3) is 11.0 Å². The van der Waals surface area contributed by atoms with Crippen molar-refractivity contribution < 1.29 is 9.53 Å². The Bertz CT molecular complexity index is 1440. The van der Waals surface area contributed by atoms with E-state index in [0.29, 0.717) is 35.6 Å². The quantitative estimate of drug-likeness (QED) is 0.573. The summed E-state index contributed by atoms with van der Waals surface area (Å²) in [5.74, 6) is 0.616. The molecule has 1 atom stereocenters. The number of nitrogens with one attached hydrogen (secondary N) is 1. The maximum atomic E-state index is 12.6. The number of carbonyl (C=O) groups excluding carboxylic acids is 1. The molecule has 6 heterocycles. The minimum atomic E-state index is -0.0624. The lowest BCUT2D eigenvalue weighted by Crippen LogP contribution is -2.44. The summed E-state index contributed by atoms with van der Waals surface area (Å²) >= 11 is 6.40. The third-order valence-corrected chi connectivity index (χ3v) is 7.60. The maximum Gasteiger partial charge on any atom is 0.252 e. The van der Waals surface area contributed by atoms with Gasteiger partial charge in [0, 0.05) is 49.3 Å². The van der Waals surface area contributed by atoms with Crippen LogP contribution >= 0.6 is 11.6 Å². The Balaban J connectivity index is 1.07. The fourth-order valence-electron chi connectivity index (χ4n) is 5.48. The fraction of sp³-hybridized carbons (Fsp3) is 0.440. The monoisotopic (exact) mass is 495 g/mol. The Hall–Kier alpha value is -3.01. The molecule has 9 nitrogen and oxygen atoms in total. The molecule has 3 aliphatic heterocycles. The summed E-state index contributed by atoms with van der Waals surface area (Å²) in [6.45, 7) is 3.68. The normalized spacial score (nSPS) is 20.3. The molecule has 35 heavy (non-hydrogen) atoms. The largest absolute Gasteiger partial charge is 0.484 e. The summed E-state index contributed by atoms with van der Waals surface area (Å²) in [5.41, 5.74) is 1.99. The second-order valence-electron chi connectivity index (χ2n) is 9.58. The number of likely N-dealkylation sites (tertiary alicyclic amines) is 1. The molecule has 1 fully saturated rings. The van der Waals surface area contributed by atoms with Gasteiger partial charge in [0.15, 0.2) is 5.78 Å². The molecular weight excluding hydrogens is 470 g/mol. The van der Waals surface area contributed by atoms with Crippen molar-refractivity contribution in [1.82, 2.24) is 24.3 Å². The number of halogens is 1. The number of piperidine rings is 1. The van der Waals surface area contributed by atoms with Gasteiger partial charge in [-0.15, -0.1) is 0 Å². The number of aromatic nitrogens is 3. The molecule has 0 unspecified atom stereocenters. The molecule has 0 aromatic carbocycles. The van der Waals surface area contributed by atoms with E-state index in [2.05, 4.69) is 15.2 Å². The minimum absolute atomic E-state index is 0.0207. The smallest absolute Gasteiger partial charge is 0.252 e. The summed E-state index contributed by atoms with van der Waals surface area (Å²) in [4.78, 5) is 43.7. The standard InChI is InChI=1S/C25H26ClN5O4/c26-19-10-22-20(9-18(32)14-35-22)28-21(19)11-27-16-5-7-29(8-6-16)12-17-13-30-23(33)3-1-15-2-4-24(34)31(17)25(15)30/h1-4,10,16-17,27H,5-9,11-14H2/t17-/m1/s1. The van der Waals surface area contributed by atoms with Crippen LogP contribution in [-0.2, 0) is 24.3 Å². The molecule has 0 amide bonds. The molecule has 0 bridgehead atoms. The number of ether oxygens (including phenoxy) is 1. The van der Waals surface area contributed by atoms with Crippen molar-refractivity contribution in [1.29, 1.82) is 0 Å². The second kappa shape index (κ2) is 8.89. The summed E-state index contributed by atoms with van der Waals surface area (Å²) < 4.78 is 8.94. The second-order valence-corrected chi connectivity index (χ2v) is 9.99. The van der Waals surface area contributed by atoms with E-state index in [-0.39, 0.29) is 36.0 Å². The first-order valence-corrected chi connectivity index (χ1v) is 12.4. The van der Waals surface area contributed by atoms with Gasteiger partial charge in [-0.2, -0.15) is 0 Å². The zero-order chi connectivity index (χ0) is 24.1. The van der Waals surface area contributed by atoms with E-state index < -0.39 is 0 Å². The molecule has 0 saturated carbocycles. The maximum absolute atomic E-state index is 12.6. The van der Waals surface area contributed by atoms with Crippen LogP contribution in [0.15, 0.2) is 39.9 Å². The molecule has 3 aromatic rings. The van der Waals surface area contributed by atoms with Gasteiger partial charge < -0.3 is 15.0 Å². The number of pyridine rings is 3. The van der Waals surface area contributed by atoms with E-state index in [9.17, 15) is 14.4 Å². The minimum Gasteiger partial charge on any atom is -0.484 e. The number of rotatable bonds is 5. The average molecular weight is 496 g/mol. The van der Waals surface area contributed by atoms with E-state index >= 15 is 0 Å². The molecule has 3 aliphatic rings. The zero-order valence-electron chi connectivity index (χ0n) is 19.2. The van der Waals surface area contributed by atoms with E-state index in [0.717, 1.165) is 49.2 Å². The van der Waals surface area contributed by atoms with Gasteiger partial charge in [-0.25, -0.2) is 0 Å². The summed E-state index contributed by atoms with van der Waals surface area (Å²) in [5, 5.41) is 5.01. The van der Waals surface area contributed by atoms with Crippen LogP contribution in [-0.4, -0.2) is 57.1 Å². The number of Topliss-reactive ketones (excluding diaryl/α,β-unsaturated/α-hetero) is 1. The van der Waals surface area contributed by atoms with Crippen LogP contribution < -0.4 is 21.2 Å². The van der Waals surface area contributed by atoms with Crippen LogP contribution in [0.3, 0.4) is 0 Å². The zero-order valence-corrected chi connectivity index (χ0v) is 20.0. The van der Waals surface area contributed by atoms with Crippen LogP contribution in [0.4, 0.5) is 0 Å². The van der Waals surface area contributed by atoms with Gasteiger partial charge in [0.1, 0.15) is 18.0 Å². The van der Waals surface area contributed by atoms with Crippen molar-refractivity contribution >= 4 is 28.4 Å². The molecule has 1 N–H and O–H groups in total. The van der Waals surface area contributed by atoms with Crippen LogP contribution in [0.2, 0.25) is 5.02 Å². The van der Waals surface area contributed by atoms with E-state index in [1.165, 1.54) is 0 Å². The van der Waals surface area contributed by atoms with Crippen LogP contribution in [0.1, 0.15) is 30.3 Å². The van der Waals surface area contributed by atoms with Crippen molar-refractivity contribution in [2.75, 3.05) is 26.2 Å². The number of carbonyl (C=O) groups is 1. The van der Waals surface area contributed by atoms with Crippen LogP contribution in [0.5, 0.6) is 5.75 Å². The number of hydrogen-bond donors (Lipinski definition) is 1. The van der Waals surface area contributed by atoms with Gasteiger partial charge in [-0.1, -0.05) is 11.6 Å². The van der Waals surface area contributed by atoms with Crippen molar-refractivity contribution in [2.24, 2.45) is 0 Å². The van der Waals surface area contributed by atoms with Crippen molar-refractivity contribution in [3.8, 4) is 5.75 Å². The highest BCUT2D eigenvalue weighted by Gasteiger charge is 2.29. The van der Waals surface area contributed by atoms with Crippen LogP contribution in [0, 0.1) is 0 Å². The Labute approximate surface area is 206 Å². The van der Waals surface area contributed by atoms with Gasteiger partial charge in [0.25, 0.3) is 11.1 Å². The van der Waals surface area contributed by atoms with Gasteiger partial charge in [0.2, 0.25) is 0 Å². The van der Waals surface area contributed by atoms with E-state index in [1.54, 1.807) is 39.5 Å². The van der Waals surface area contributed by atoms with Crippen molar-refractivity contribution in [2.45, 2.75) is 44.4 Å². The molecule has 1 saturated heterocycles. The number of hydrogen-bond acceptors (Lipinski definition) is 7. The fourth-order valence-corrected chi connectivity index (χ4v) is 5.68. The molecule has 182 valence electrons. The lowest BCUT2D eigenvalue weighted by atomic mass is 10.0. The van der Waals surface area contributed by atoms with E-state index in [1.807, 2.05) is 0 Å². The van der Waals surface area contributed by atoms with Gasteiger partial charge in [0.05, 0.1) is 28.9 Å².